The van der Waals surface area contributed by atoms with E-state index in [0.29, 0.717) is 5.92 Å². The minimum absolute atomic E-state index is 0.648. The van der Waals surface area contributed by atoms with Crippen molar-refractivity contribution < 1.29 is 4.74 Å². The van der Waals surface area contributed by atoms with Crippen LogP contribution in [0.5, 0.6) is 5.75 Å². The first-order valence-corrected chi connectivity index (χ1v) is 6.51. The van der Waals surface area contributed by atoms with Crippen LogP contribution in [-0.4, -0.2) is 26.2 Å². The van der Waals surface area contributed by atoms with Crippen molar-refractivity contribution in [3.63, 3.8) is 0 Å². The lowest BCUT2D eigenvalue weighted by molar-refractivity contribution is 0.317. The summed E-state index contributed by atoms with van der Waals surface area (Å²) in [5.74, 6) is 1.62. The lowest BCUT2D eigenvalue weighted by Gasteiger charge is -2.19. The van der Waals surface area contributed by atoms with Gasteiger partial charge in [-0.05, 0) is 37.4 Å². The predicted molar refractivity (Wildman–Crippen MR) is 71.6 cm³/mol. The molecule has 1 fully saturated rings. The van der Waals surface area contributed by atoms with Crippen LogP contribution in [0, 0.1) is 5.92 Å². The zero-order valence-electron chi connectivity index (χ0n) is 10.6. The van der Waals surface area contributed by atoms with Crippen LogP contribution in [-0.2, 0) is 0 Å². The zero-order chi connectivity index (χ0) is 12.1. The number of anilines is 1. The first-order valence-electron chi connectivity index (χ1n) is 6.51. The molecule has 1 heterocycles. The smallest absolute Gasteiger partial charge is 0.121 e. The van der Waals surface area contributed by atoms with Crippen LogP contribution >= 0.6 is 0 Å². The van der Waals surface area contributed by atoms with Crippen LogP contribution in [0.2, 0.25) is 0 Å². The normalized spacial score (nSPS) is 19.6. The van der Waals surface area contributed by atoms with E-state index < -0.39 is 0 Å². The molecular formula is C14H22N2O. The maximum absolute atomic E-state index is 5.72. The summed E-state index contributed by atoms with van der Waals surface area (Å²) in [7, 11) is 0. The van der Waals surface area contributed by atoms with E-state index in [0.717, 1.165) is 38.4 Å². The van der Waals surface area contributed by atoms with Gasteiger partial charge in [0.15, 0.2) is 0 Å². The molecule has 2 rings (SSSR count). The van der Waals surface area contributed by atoms with Crippen molar-refractivity contribution in [2.75, 3.05) is 31.1 Å². The Morgan fingerprint density at radius 1 is 1.47 bits per heavy atom. The van der Waals surface area contributed by atoms with Crippen LogP contribution in [0.15, 0.2) is 24.3 Å². The third-order valence-electron chi connectivity index (χ3n) is 3.27. The highest BCUT2D eigenvalue weighted by atomic mass is 16.5. The molecule has 1 unspecified atom stereocenters. The molecule has 0 aliphatic carbocycles. The standard InChI is InChI=1S/C14H22N2O/c1-2-8-17-14-5-3-4-13(9-14)16-7-6-12(10-15)11-16/h3-5,9,12H,2,6-8,10-11,15H2,1H3. The van der Waals surface area contributed by atoms with Crippen LogP contribution in [0.3, 0.4) is 0 Å². The maximum atomic E-state index is 5.72. The molecule has 0 spiro atoms. The van der Waals surface area contributed by atoms with Gasteiger partial charge in [0.1, 0.15) is 5.75 Å². The SMILES string of the molecule is CCCOc1cccc(N2CCC(CN)C2)c1. The lowest BCUT2D eigenvalue weighted by atomic mass is 10.1. The second kappa shape index (κ2) is 5.92. The fourth-order valence-corrected chi connectivity index (χ4v) is 2.25. The van der Waals surface area contributed by atoms with Gasteiger partial charge in [-0.15, -0.1) is 0 Å². The molecule has 1 aromatic rings. The van der Waals surface area contributed by atoms with E-state index in [1.54, 1.807) is 0 Å². The van der Waals surface area contributed by atoms with Crippen molar-refractivity contribution in [3.05, 3.63) is 24.3 Å². The Morgan fingerprint density at radius 2 is 2.35 bits per heavy atom. The molecule has 2 N–H and O–H groups in total. The number of rotatable bonds is 5. The van der Waals surface area contributed by atoms with Crippen molar-refractivity contribution in [2.24, 2.45) is 11.7 Å². The number of nitrogens with two attached hydrogens (primary N) is 1. The Labute approximate surface area is 104 Å². The van der Waals surface area contributed by atoms with E-state index in [-0.39, 0.29) is 0 Å². The van der Waals surface area contributed by atoms with E-state index >= 15 is 0 Å². The summed E-state index contributed by atoms with van der Waals surface area (Å²) < 4.78 is 5.66. The van der Waals surface area contributed by atoms with Gasteiger partial charge in [0, 0.05) is 24.8 Å². The summed E-state index contributed by atoms with van der Waals surface area (Å²) in [4.78, 5) is 2.40. The molecule has 0 aromatic heterocycles. The van der Waals surface area contributed by atoms with Gasteiger partial charge in [0.2, 0.25) is 0 Å². The lowest BCUT2D eigenvalue weighted by Crippen LogP contribution is -2.22. The largest absolute Gasteiger partial charge is 0.494 e. The van der Waals surface area contributed by atoms with Gasteiger partial charge in [-0.3, -0.25) is 0 Å². The Balaban J connectivity index is 2.01. The highest BCUT2D eigenvalue weighted by Crippen LogP contribution is 2.26. The van der Waals surface area contributed by atoms with Gasteiger partial charge in [0.25, 0.3) is 0 Å². The van der Waals surface area contributed by atoms with E-state index in [9.17, 15) is 0 Å². The molecular weight excluding hydrogens is 212 g/mol. The topological polar surface area (TPSA) is 38.5 Å². The Bertz CT molecular complexity index is 354. The van der Waals surface area contributed by atoms with Gasteiger partial charge in [-0.25, -0.2) is 0 Å². The van der Waals surface area contributed by atoms with Crippen LogP contribution in [0.4, 0.5) is 5.69 Å². The molecule has 1 aliphatic heterocycles. The summed E-state index contributed by atoms with van der Waals surface area (Å²) in [6, 6.07) is 8.37. The quantitative estimate of drug-likeness (QED) is 0.849. The molecule has 1 saturated heterocycles. The summed E-state index contributed by atoms with van der Waals surface area (Å²) in [6.07, 6.45) is 2.25. The second-order valence-corrected chi connectivity index (χ2v) is 4.68. The number of nitrogens with zero attached hydrogens (tertiary/aromatic N) is 1. The molecule has 0 saturated carbocycles. The van der Waals surface area contributed by atoms with Gasteiger partial charge >= 0.3 is 0 Å². The number of hydrogen-bond donors (Lipinski definition) is 1. The molecule has 3 heteroatoms. The van der Waals surface area contributed by atoms with Crippen molar-refractivity contribution >= 4 is 5.69 Å². The van der Waals surface area contributed by atoms with E-state index in [4.69, 9.17) is 10.5 Å². The van der Waals surface area contributed by atoms with Gasteiger partial charge in [-0.2, -0.15) is 0 Å². The monoisotopic (exact) mass is 234 g/mol. The minimum Gasteiger partial charge on any atom is -0.494 e. The summed E-state index contributed by atoms with van der Waals surface area (Å²) >= 11 is 0. The van der Waals surface area contributed by atoms with Crippen LogP contribution in [0.1, 0.15) is 19.8 Å². The van der Waals surface area contributed by atoms with E-state index in [1.807, 2.05) is 6.07 Å². The molecule has 1 atom stereocenters. The molecule has 3 nitrogen and oxygen atoms in total. The van der Waals surface area contributed by atoms with Gasteiger partial charge < -0.3 is 15.4 Å². The number of benzene rings is 1. The molecule has 1 aromatic carbocycles. The average molecular weight is 234 g/mol. The van der Waals surface area contributed by atoms with Crippen LogP contribution < -0.4 is 15.4 Å². The third-order valence-corrected chi connectivity index (χ3v) is 3.27. The first kappa shape index (κ1) is 12.2. The Hall–Kier alpha value is -1.22. The van der Waals surface area contributed by atoms with Crippen molar-refractivity contribution in [3.8, 4) is 5.75 Å². The van der Waals surface area contributed by atoms with E-state index in [1.165, 1.54) is 12.1 Å². The van der Waals surface area contributed by atoms with Crippen molar-refractivity contribution in [1.29, 1.82) is 0 Å². The van der Waals surface area contributed by atoms with Crippen molar-refractivity contribution in [2.45, 2.75) is 19.8 Å². The molecule has 1 aliphatic rings. The van der Waals surface area contributed by atoms with E-state index in [2.05, 4.69) is 30.0 Å². The Kier molecular flexibility index (Phi) is 4.26. The third kappa shape index (κ3) is 3.13. The summed E-state index contributed by atoms with van der Waals surface area (Å²) in [5, 5.41) is 0. The van der Waals surface area contributed by atoms with Crippen LogP contribution in [0.25, 0.3) is 0 Å². The zero-order valence-corrected chi connectivity index (χ0v) is 10.6. The fraction of sp³-hybridized carbons (Fsp3) is 0.571. The maximum Gasteiger partial charge on any atom is 0.121 e. The second-order valence-electron chi connectivity index (χ2n) is 4.68. The molecule has 94 valence electrons. The first-order chi connectivity index (χ1) is 8.33. The average Bonchev–Trinajstić information content (AvgIpc) is 2.85. The summed E-state index contributed by atoms with van der Waals surface area (Å²) in [6.45, 7) is 5.89. The number of ether oxygens (including phenoxy) is 1. The molecule has 17 heavy (non-hydrogen) atoms. The number of hydrogen-bond acceptors (Lipinski definition) is 3. The Morgan fingerprint density at radius 3 is 3.06 bits per heavy atom. The molecule has 0 amide bonds. The summed E-state index contributed by atoms with van der Waals surface area (Å²) in [5.41, 5.74) is 6.98. The highest BCUT2D eigenvalue weighted by Gasteiger charge is 2.21. The molecule has 0 radical (unpaired) electrons. The minimum atomic E-state index is 0.648. The molecule has 0 bridgehead atoms. The van der Waals surface area contributed by atoms with Gasteiger partial charge in [-0.1, -0.05) is 13.0 Å². The van der Waals surface area contributed by atoms with Gasteiger partial charge in [0.05, 0.1) is 6.61 Å². The highest BCUT2D eigenvalue weighted by molar-refractivity contribution is 5.51. The van der Waals surface area contributed by atoms with Crippen molar-refractivity contribution in [1.82, 2.24) is 0 Å². The predicted octanol–water partition coefficient (Wildman–Crippen LogP) is 2.26. The fourth-order valence-electron chi connectivity index (χ4n) is 2.25.